The predicted octanol–water partition coefficient (Wildman–Crippen LogP) is 6.05. The number of fused-ring (bicyclic) bond motifs is 1. The third-order valence-corrected chi connectivity index (χ3v) is 5.54. The monoisotopic (exact) mass is 306 g/mol. The van der Waals surface area contributed by atoms with Crippen molar-refractivity contribution in [1.29, 1.82) is 0 Å². The number of thiophene rings is 1. The number of hydrogen-bond acceptors (Lipinski definition) is 2. The van der Waals surface area contributed by atoms with Gasteiger partial charge in [0.15, 0.2) is 0 Å². The summed E-state index contributed by atoms with van der Waals surface area (Å²) >= 11 is 1.78. The molecule has 0 nitrogen and oxygen atoms in total. The Morgan fingerprint density at radius 1 is 0.950 bits per heavy atom. The SMILES string of the molecule is Cc1c(C(F)(F)Sc2ccccc2)sc2ccccc12. The summed E-state index contributed by atoms with van der Waals surface area (Å²) in [5.74, 6) is 0. The Hall–Kier alpha value is -1.39. The van der Waals surface area contributed by atoms with E-state index in [1.165, 1.54) is 11.3 Å². The second-order valence-corrected chi connectivity index (χ2v) is 6.72. The molecule has 0 saturated heterocycles. The van der Waals surface area contributed by atoms with Crippen molar-refractivity contribution in [3.63, 3.8) is 0 Å². The van der Waals surface area contributed by atoms with E-state index in [1.807, 2.05) is 30.3 Å². The maximum absolute atomic E-state index is 14.5. The van der Waals surface area contributed by atoms with Crippen molar-refractivity contribution in [1.82, 2.24) is 0 Å². The summed E-state index contributed by atoms with van der Waals surface area (Å²) in [6.07, 6.45) is 0. The molecule has 0 radical (unpaired) electrons. The molecule has 0 unspecified atom stereocenters. The van der Waals surface area contributed by atoms with Gasteiger partial charge in [-0.05, 0) is 47.8 Å². The Bertz CT molecular complexity index is 733. The first-order chi connectivity index (χ1) is 9.58. The van der Waals surface area contributed by atoms with E-state index in [1.54, 1.807) is 31.2 Å². The predicted molar refractivity (Wildman–Crippen MR) is 82.8 cm³/mol. The normalized spacial score (nSPS) is 11.9. The van der Waals surface area contributed by atoms with E-state index >= 15 is 0 Å². The van der Waals surface area contributed by atoms with Gasteiger partial charge in [0.25, 0.3) is 0 Å². The van der Waals surface area contributed by atoms with Crippen molar-refractivity contribution < 1.29 is 8.78 Å². The number of alkyl halides is 2. The lowest BCUT2D eigenvalue weighted by molar-refractivity contribution is 0.109. The first-order valence-corrected chi connectivity index (χ1v) is 7.82. The molecule has 0 saturated carbocycles. The number of hydrogen-bond donors (Lipinski definition) is 0. The van der Waals surface area contributed by atoms with Crippen LogP contribution in [0, 0.1) is 6.92 Å². The van der Waals surface area contributed by atoms with Crippen LogP contribution in [0.15, 0.2) is 59.5 Å². The molecular weight excluding hydrogens is 294 g/mol. The molecule has 3 rings (SSSR count). The molecule has 4 heteroatoms. The Morgan fingerprint density at radius 3 is 2.30 bits per heavy atom. The molecule has 0 bridgehead atoms. The van der Waals surface area contributed by atoms with Crippen LogP contribution in [-0.4, -0.2) is 0 Å². The number of thioether (sulfide) groups is 1. The summed E-state index contributed by atoms with van der Waals surface area (Å²) in [6.45, 7) is 1.77. The molecule has 0 fully saturated rings. The van der Waals surface area contributed by atoms with Gasteiger partial charge in [0.05, 0.1) is 4.88 Å². The quantitative estimate of drug-likeness (QED) is 0.531. The van der Waals surface area contributed by atoms with Gasteiger partial charge < -0.3 is 0 Å². The van der Waals surface area contributed by atoms with Crippen LogP contribution < -0.4 is 0 Å². The Kier molecular flexibility index (Phi) is 3.52. The van der Waals surface area contributed by atoms with E-state index in [4.69, 9.17) is 0 Å². The fourth-order valence-electron chi connectivity index (χ4n) is 2.13. The second kappa shape index (κ2) is 5.19. The fraction of sp³-hybridized carbons (Fsp3) is 0.125. The van der Waals surface area contributed by atoms with Crippen LogP contribution in [0.3, 0.4) is 0 Å². The third kappa shape index (κ3) is 2.45. The van der Waals surface area contributed by atoms with E-state index in [0.29, 0.717) is 22.2 Å². The van der Waals surface area contributed by atoms with Crippen LogP contribution in [0.1, 0.15) is 10.4 Å². The third-order valence-electron chi connectivity index (χ3n) is 3.10. The van der Waals surface area contributed by atoms with Crippen LogP contribution in [0.25, 0.3) is 10.1 Å². The molecule has 0 spiro atoms. The molecule has 102 valence electrons. The van der Waals surface area contributed by atoms with E-state index in [-0.39, 0.29) is 4.88 Å². The minimum absolute atomic E-state index is 0.146. The summed E-state index contributed by atoms with van der Waals surface area (Å²) in [6, 6.07) is 16.3. The zero-order valence-electron chi connectivity index (χ0n) is 10.8. The summed E-state index contributed by atoms with van der Waals surface area (Å²) in [4.78, 5) is 0.724. The summed E-state index contributed by atoms with van der Waals surface area (Å²) < 4.78 is 29.9. The van der Waals surface area contributed by atoms with Gasteiger partial charge in [-0.25, -0.2) is 0 Å². The van der Waals surface area contributed by atoms with Crippen molar-refractivity contribution >= 4 is 33.2 Å². The Labute approximate surface area is 124 Å². The van der Waals surface area contributed by atoms with Gasteiger partial charge in [0.1, 0.15) is 0 Å². The number of rotatable bonds is 3. The molecule has 0 aliphatic rings. The maximum Gasteiger partial charge on any atom is 0.332 e. The van der Waals surface area contributed by atoms with Gasteiger partial charge >= 0.3 is 5.25 Å². The van der Waals surface area contributed by atoms with Gasteiger partial charge in [0, 0.05) is 9.60 Å². The van der Waals surface area contributed by atoms with Crippen LogP contribution >= 0.6 is 23.1 Å². The number of benzene rings is 2. The minimum Gasteiger partial charge on any atom is -0.187 e. The highest BCUT2D eigenvalue weighted by Crippen LogP contribution is 2.49. The van der Waals surface area contributed by atoms with Crippen LogP contribution in [-0.2, 0) is 5.25 Å². The zero-order chi connectivity index (χ0) is 14.2. The van der Waals surface area contributed by atoms with Crippen LogP contribution in [0.4, 0.5) is 8.78 Å². The van der Waals surface area contributed by atoms with Crippen molar-refractivity contribution in [3.05, 3.63) is 65.0 Å². The minimum atomic E-state index is -2.91. The molecule has 3 aromatic rings. The molecule has 1 aromatic heterocycles. The molecule has 20 heavy (non-hydrogen) atoms. The van der Waals surface area contributed by atoms with Crippen molar-refractivity contribution in [2.75, 3.05) is 0 Å². The van der Waals surface area contributed by atoms with Gasteiger partial charge in [0.2, 0.25) is 0 Å². The standard InChI is InChI=1S/C16H12F2S2/c1-11-13-9-5-6-10-14(13)19-15(11)16(17,18)20-12-7-3-2-4-8-12/h2-10H,1H3. The lowest BCUT2D eigenvalue weighted by atomic mass is 10.1. The Balaban J connectivity index is 2.02. The van der Waals surface area contributed by atoms with Crippen molar-refractivity contribution in [3.8, 4) is 0 Å². The van der Waals surface area contributed by atoms with Gasteiger partial charge in [-0.1, -0.05) is 36.4 Å². The highest BCUT2D eigenvalue weighted by Gasteiger charge is 2.37. The number of halogens is 2. The molecule has 0 amide bonds. The maximum atomic E-state index is 14.5. The zero-order valence-corrected chi connectivity index (χ0v) is 12.4. The lowest BCUT2D eigenvalue weighted by Crippen LogP contribution is -2.06. The average molecular weight is 306 g/mol. The topological polar surface area (TPSA) is 0 Å². The Morgan fingerprint density at radius 2 is 1.60 bits per heavy atom. The highest BCUT2D eigenvalue weighted by molar-refractivity contribution is 8.00. The van der Waals surface area contributed by atoms with Gasteiger partial charge in [-0.15, -0.1) is 11.3 Å². The molecule has 0 aliphatic carbocycles. The van der Waals surface area contributed by atoms with Crippen molar-refractivity contribution in [2.45, 2.75) is 17.1 Å². The fourth-order valence-corrected chi connectivity index (χ4v) is 4.30. The van der Waals surface area contributed by atoms with Crippen molar-refractivity contribution in [2.24, 2.45) is 0 Å². The summed E-state index contributed by atoms with van der Waals surface area (Å²) in [7, 11) is 0. The smallest absolute Gasteiger partial charge is 0.187 e. The average Bonchev–Trinajstić information content (AvgIpc) is 2.78. The molecule has 2 aromatic carbocycles. The van der Waals surface area contributed by atoms with Gasteiger partial charge in [-0.3, -0.25) is 0 Å². The first kappa shape index (κ1) is 13.6. The summed E-state index contributed by atoms with van der Waals surface area (Å²) in [5, 5.41) is -1.99. The van der Waals surface area contributed by atoms with E-state index in [0.717, 1.165) is 10.1 Å². The molecule has 0 aliphatic heterocycles. The molecule has 0 atom stereocenters. The largest absolute Gasteiger partial charge is 0.332 e. The molecular formula is C16H12F2S2. The van der Waals surface area contributed by atoms with Crippen LogP contribution in [0.2, 0.25) is 0 Å². The lowest BCUT2D eigenvalue weighted by Gasteiger charge is -2.15. The summed E-state index contributed by atoms with van der Waals surface area (Å²) in [5.41, 5.74) is 0.680. The molecule has 1 heterocycles. The van der Waals surface area contributed by atoms with E-state index < -0.39 is 5.25 Å². The number of aryl methyl sites for hydroxylation is 1. The molecule has 0 N–H and O–H groups in total. The van der Waals surface area contributed by atoms with E-state index in [2.05, 4.69) is 0 Å². The second-order valence-electron chi connectivity index (χ2n) is 4.48. The van der Waals surface area contributed by atoms with Gasteiger partial charge in [-0.2, -0.15) is 8.78 Å². The van der Waals surface area contributed by atoms with Crippen LogP contribution in [0.5, 0.6) is 0 Å². The first-order valence-electron chi connectivity index (χ1n) is 6.18. The highest BCUT2D eigenvalue weighted by atomic mass is 32.2. The van der Waals surface area contributed by atoms with E-state index in [9.17, 15) is 8.78 Å².